The van der Waals surface area contributed by atoms with Crippen molar-refractivity contribution in [2.75, 3.05) is 13.6 Å². The van der Waals surface area contributed by atoms with Gasteiger partial charge in [0.1, 0.15) is 0 Å². The molecule has 1 aliphatic carbocycles. The zero-order valence-electron chi connectivity index (χ0n) is 12.9. The molecule has 0 saturated heterocycles. The molecule has 3 rings (SSSR count). The summed E-state index contributed by atoms with van der Waals surface area (Å²) in [4.78, 5) is 6.86. The Morgan fingerprint density at radius 2 is 2.10 bits per heavy atom. The number of alkyl halides is 1. The molecule has 4 heteroatoms. The van der Waals surface area contributed by atoms with Gasteiger partial charge in [0, 0.05) is 19.6 Å². The molecule has 0 radical (unpaired) electrons. The molecule has 21 heavy (non-hydrogen) atoms. The van der Waals surface area contributed by atoms with Crippen LogP contribution in [0.1, 0.15) is 43.0 Å². The van der Waals surface area contributed by atoms with Crippen LogP contribution in [0.2, 0.25) is 0 Å². The van der Waals surface area contributed by atoms with E-state index >= 15 is 0 Å². The lowest BCUT2D eigenvalue weighted by atomic mass is 9.94. The third kappa shape index (κ3) is 3.24. The predicted molar refractivity (Wildman–Crippen MR) is 88.8 cm³/mol. The standard InChI is InChI=1S/C17H24ClN3/c1-20(14-6-4-3-5-7-14)11-15(18)13-8-9-17-16(10-13)19-12-21(17)2/h8-10,12,14-15H,3-7,11H2,1-2H3. The SMILES string of the molecule is CN(CC(Cl)c1ccc2c(c1)ncn2C)C1CCCCC1. The monoisotopic (exact) mass is 305 g/mol. The summed E-state index contributed by atoms with van der Waals surface area (Å²) in [6.45, 7) is 0.907. The summed E-state index contributed by atoms with van der Waals surface area (Å²) in [5, 5.41) is 0.0309. The topological polar surface area (TPSA) is 21.1 Å². The van der Waals surface area contributed by atoms with E-state index in [9.17, 15) is 0 Å². The Bertz CT molecular complexity index is 601. The van der Waals surface area contributed by atoms with Crippen molar-refractivity contribution < 1.29 is 0 Å². The Hall–Kier alpha value is -1.06. The average molecular weight is 306 g/mol. The highest BCUT2D eigenvalue weighted by atomic mass is 35.5. The van der Waals surface area contributed by atoms with Gasteiger partial charge >= 0.3 is 0 Å². The van der Waals surface area contributed by atoms with E-state index < -0.39 is 0 Å². The first-order valence-corrected chi connectivity index (χ1v) is 8.34. The number of fused-ring (bicyclic) bond motifs is 1. The zero-order valence-corrected chi connectivity index (χ0v) is 13.7. The highest BCUT2D eigenvalue weighted by Crippen LogP contribution is 2.28. The molecule has 1 saturated carbocycles. The van der Waals surface area contributed by atoms with Crippen molar-refractivity contribution in [3.05, 3.63) is 30.1 Å². The molecule has 1 fully saturated rings. The molecule has 114 valence electrons. The second kappa shape index (κ2) is 6.37. The Kier molecular flexibility index (Phi) is 4.51. The third-order valence-corrected chi connectivity index (χ3v) is 5.15. The Morgan fingerprint density at radius 3 is 2.86 bits per heavy atom. The van der Waals surface area contributed by atoms with Crippen LogP contribution in [-0.2, 0) is 7.05 Å². The van der Waals surface area contributed by atoms with Gasteiger partial charge in [0.25, 0.3) is 0 Å². The van der Waals surface area contributed by atoms with E-state index in [1.54, 1.807) is 0 Å². The number of rotatable bonds is 4. The van der Waals surface area contributed by atoms with Gasteiger partial charge in [0.05, 0.1) is 22.7 Å². The molecule has 1 heterocycles. The molecule has 0 N–H and O–H groups in total. The minimum absolute atomic E-state index is 0.0309. The molecular weight excluding hydrogens is 282 g/mol. The van der Waals surface area contributed by atoms with Gasteiger partial charge in [-0.25, -0.2) is 4.98 Å². The van der Waals surface area contributed by atoms with Crippen LogP contribution in [0.3, 0.4) is 0 Å². The van der Waals surface area contributed by atoms with Crippen LogP contribution in [-0.4, -0.2) is 34.1 Å². The molecule has 0 bridgehead atoms. The predicted octanol–water partition coefficient (Wildman–Crippen LogP) is 4.12. The third-order valence-electron chi connectivity index (χ3n) is 4.76. The van der Waals surface area contributed by atoms with Crippen molar-refractivity contribution in [1.82, 2.24) is 14.5 Å². The van der Waals surface area contributed by atoms with Crippen molar-refractivity contribution in [1.29, 1.82) is 0 Å². The number of halogens is 1. The van der Waals surface area contributed by atoms with Crippen LogP contribution in [0.25, 0.3) is 11.0 Å². The first kappa shape index (κ1) is 14.9. The fourth-order valence-electron chi connectivity index (χ4n) is 3.38. The van der Waals surface area contributed by atoms with Crippen LogP contribution in [0, 0.1) is 0 Å². The first-order valence-electron chi connectivity index (χ1n) is 7.90. The maximum atomic E-state index is 6.65. The fourth-order valence-corrected chi connectivity index (χ4v) is 3.73. The Morgan fingerprint density at radius 1 is 1.33 bits per heavy atom. The Balaban J connectivity index is 1.69. The summed E-state index contributed by atoms with van der Waals surface area (Å²) in [6, 6.07) is 7.09. The van der Waals surface area contributed by atoms with Gasteiger partial charge < -0.3 is 9.47 Å². The molecule has 2 aromatic rings. The van der Waals surface area contributed by atoms with E-state index in [0.717, 1.165) is 17.6 Å². The molecule has 1 unspecified atom stereocenters. The summed E-state index contributed by atoms with van der Waals surface area (Å²) < 4.78 is 2.04. The number of hydrogen-bond acceptors (Lipinski definition) is 2. The molecule has 1 aromatic carbocycles. The number of hydrogen-bond donors (Lipinski definition) is 0. The molecule has 0 aliphatic heterocycles. The summed E-state index contributed by atoms with van der Waals surface area (Å²) in [5.74, 6) is 0. The van der Waals surface area contributed by atoms with Crippen molar-refractivity contribution in [3.63, 3.8) is 0 Å². The van der Waals surface area contributed by atoms with E-state index in [-0.39, 0.29) is 5.38 Å². The van der Waals surface area contributed by atoms with Gasteiger partial charge in [0.2, 0.25) is 0 Å². The Labute approximate surface area is 131 Å². The number of likely N-dealkylation sites (N-methyl/N-ethyl adjacent to an activating group) is 1. The molecule has 1 aliphatic rings. The minimum atomic E-state index is 0.0309. The number of aryl methyl sites for hydroxylation is 1. The maximum Gasteiger partial charge on any atom is 0.0955 e. The second-order valence-electron chi connectivity index (χ2n) is 6.30. The lowest BCUT2D eigenvalue weighted by molar-refractivity contribution is 0.192. The smallest absolute Gasteiger partial charge is 0.0955 e. The van der Waals surface area contributed by atoms with E-state index in [1.807, 2.05) is 17.9 Å². The summed E-state index contributed by atoms with van der Waals surface area (Å²) in [7, 11) is 4.23. The van der Waals surface area contributed by atoms with Gasteiger partial charge in [-0.05, 0) is 37.6 Å². The lowest BCUT2D eigenvalue weighted by Gasteiger charge is -2.32. The molecule has 1 aromatic heterocycles. The molecule has 3 nitrogen and oxygen atoms in total. The second-order valence-corrected chi connectivity index (χ2v) is 6.83. The van der Waals surface area contributed by atoms with Crippen LogP contribution in [0.4, 0.5) is 0 Å². The summed E-state index contributed by atoms with van der Waals surface area (Å²) >= 11 is 6.65. The van der Waals surface area contributed by atoms with Gasteiger partial charge in [0.15, 0.2) is 0 Å². The first-order chi connectivity index (χ1) is 10.1. The summed E-state index contributed by atoms with van der Waals surface area (Å²) in [6.07, 6.45) is 8.61. The van der Waals surface area contributed by atoms with Crippen molar-refractivity contribution in [3.8, 4) is 0 Å². The van der Waals surface area contributed by atoms with Crippen molar-refractivity contribution >= 4 is 22.6 Å². The highest BCUT2D eigenvalue weighted by Gasteiger charge is 2.21. The van der Waals surface area contributed by atoms with Gasteiger partial charge in [-0.2, -0.15) is 0 Å². The van der Waals surface area contributed by atoms with Gasteiger partial charge in [-0.15, -0.1) is 11.6 Å². The number of imidazole rings is 1. The average Bonchev–Trinajstić information content (AvgIpc) is 2.89. The van der Waals surface area contributed by atoms with E-state index in [0.29, 0.717) is 6.04 Å². The van der Waals surface area contributed by atoms with Crippen LogP contribution in [0.5, 0.6) is 0 Å². The summed E-state index contributed by atoms with van der Waals surface area (Å²) in [5.41, 5.74) is 3.36. The van der Waals surface area contributed by atoms with E-state index in [4.69, 9.17) is 11.6 Å². The molecular formula is C17H24ClN3. The van der Waals surface area contributed by atoms with Crippen LogP contribution >= 0.6 is 11.6 Å². The number of aromatic nitrogens is 2. The molecule has 0 spiro atoms. The maximum absolute atomic E-state index is 6.65. The highest BCUT2D eigenvalue weighted by molar-refractivity contribution is 6.21. The zero-order chi connectivity index (χ0) is 14.8. The lowest BCUT2D eigenvalue weighted by Crippen LogP contribution is -2.35. The van der Waals surface area contributed by atoms with Crippen molar-refractivity contribution in [2.24, 2.45) is 7.05 Å². The number of benzene rings is 1. The quantitative estimate of drug-likeness (QED) is 0.792. The normalized spacial score (nSPS) is 18.5. The largest absolute Gasteiger partial charge is 0.334 e. The van der Waals surface area contributed by atoms with Crippen LogP contribution < -0.4 is 0 Å². The van der Waals surface area contributed by atoms with Gasteiger partial charge in [-0.3, -0.25) is 0 Å². The van der Waals surface area contributed by atoms with E-state index in [1.165, 1.54) is 37.7 Å². The molecule has 0 amide bonds. The minimum Gasteiger partial charge on any atom is -0.334 e. The van der Waals surface area contributed by atoms with Gasteiger partial charge in [-0.1, -0.05) is 25.3 Å². The van der Waals surface area contributed by atoms with Crippen molar-refractivity contribution in [2.45, 2.75) is 43.5 Å². The number of nitrogens with zero attached hydrogens (tertiary/aromatic N) is 3. The van der Waals surface area contributed by atoms with Crippen LogP contribution in [0.15, 0.2) is 24.5 Å². The molecule has 1 atom stereocenters. The fraction of sp³-hybridized carbons (Fsp3) is 0.588. The van der Waals surface area contributed by atoms with E-state index in [2.05, 4.69) is 35.1 Å².